The van der Waals surface area contributed by atoms with Gasteiger partial charge in [-0.25, -0.2) is 4.98 Å². The Balaban J connectivity index is 1.39. The summed E-state index contributed by atoms with van der Waals surface area (Å²) in [4.78, 5) is 19.5. The molecule has 1 aromatic heterocycles. The number of hydrogen-bond donors (Lipinski definition) is 0. The Kier molecular flexibility index (Phi) is 3.43. The molecule has 0 spiro atoms. The first kappa shape index (κ1) is 14.8. The lowest BCUT2D eigenvalue weighted by Crippen LogP contribution is -2.36. The highest BCUT2D eigenvalue weighted by Crippen LogP contribution is 2.38. The molecule has 1 amide bonds. The Labute approximate surface area is 145 Å². The van der Waals surface area contributed by atoms with Crippen molar-refractivity contribution in [2.45, 2.75) is 38.1 Å². The van der Waals surface area contributed by atoms with Crippen molar-refractivity contribution in [2.75, 3.05) is 19.8 Å². The summed E-state index contributed by atoms with van der Waals surface area (Å²) in [5, 5.41) is 0. The molecule has 25 heavy (non-hydrogen) atoms. The number of oxazole rings is 1. The van der Waals surface area contributed by atoms with E-state index in [-0.39, 0.29) is 5.91 Å². The second-order valence-electron chi connectivity index (χ2n) is 6.86. The molecule has 0 radical (unpaired) electrons. The van der Waals surface area contributed by atoms with Gasteiger partial charge in [0.05, 0.1) is 12.1 Å². The molecule has 130 valence electrons. The van der Waals surface area contributed by atoms with E-state index in [0.29, 0.717) is 55.7 Å². The van der Waals surface area contributed by atoms with Gasteiger partial charge in [0.25, 0.3) is 5.91 Å². The molecule has 3 heterocycles. The summed E-state index contributed by atoms with van der Waals surface area (Å²) in [6.45, 7) is 2.11. The van der Waals surface area contributed by atoms with Crippen LogP contribution in [0.1, 0.15) is 52.9 Å². The first-order chi connectivity index (χ1) is 12.3. The van der Waals surface area contributed by atoms with Crippen LogP contribution in [-0.2, 0) is 13.0 Å². The van der Waals surface area contributed by atoms with Crippen molar-refractivity contribution >= 4 is 5.91 Å². The highest BCUT2D eigenvalue weighted by molar-refractivity contribution is 5.98. The number of benzene rings is 1. The molecule has 1 saturated carbocycles. The molecule has 3 aliphatic rings. The van der Waals surface area contributed by atoms with Gasteiger partial charge in [-0.05, 0) is 25.0 Å². The minimum absolute atomic E-state index is 0.0406. The minimum Gasteiger partial charge on any atom is -0.486 e. The second kappa shape index (κ2) is 5.79. The van der Waals surface area contributed by atoms with Crippen molar-refractivity contribution in [3.8, 4) is 11.5 Å². The molecule has 5 rings (SSSR count). The zero-order chi connectivity index (χ0) is 16.8. The smallest absolute Gasteiger partial charge is 0.258 e. The van der Waals surface area contributed by atoms with Crippen LogP contribution < -0.4 is 9.47 Å². The van der Waals surface area contributed by atoms with E-state index in [2.05, 4.69) is 4.98 Å². The summed E-state index contributed by atoms with van der Waals surface area (Å²) in [6.07, 6.45) is 4.29. The van der Waals surface area contributed by atoms with Crippen LogP contribution in [0.3, 0.4) is 0 Å². The molecule has 0 atom stereocenters. The van der Waals surface area contributed by atoms with Crippen molar-refractivity contribution in [3.05, 3.63) is 41.1 Å². The number of fused-ring (bicyclic) bond motifs is 2. The molecule has 2 aliphatic heterocycles. The number of carbonyl (C=O) groups is 1. The number of hydrogen-bond acceptors (Lipinski definition) is 5. The Bertz CT molecular complexity index is 825. The zero-order valence-electron chi connectivity index (χ0n) is 14.0. The minimum atomic E-state index is -0.0406. The van der Waals surface area contributed by atoms with Crippen LogP contribution in [0.5, 0.6) is 11.5 Å². The number of carbonyl (C=O) groups excluding carboxylic acids is 1. The van der Waals surface area contributed by atoms with E-state index in [1.165, 1.54) is 6.42 Å². The molecule has 0 saturated heterocycles. The third-order valence-corrected chi connectivity index (χ3v) is 5.28. The average Bonchev–Trinajstić information content (AvgIpc) is 3.01. The molecule has 1 fully saturated rings. The van der Waals surface area contributed by atoms with Crippen molar-refractivity contribution in [1.29, 1.82) is 0 Å². The normalized spacial score (nSPS) is 19.3. The van der Waals surface area contributed by atoms with Gasteiger partial charge >= 0.3 is 0 Å². The second-order valence-corrected chi connectivity index (χ2v) is 6.86. The van der Waals surface area contributed by atoms with Crippen LogP contribution in [0.15, 0.2) is 22.6 Å². The zero-order valence-corrected chi connectivity index (χ0v) is 14.0. The maximum absolute atomic E-state index is 13.0. The fourth-order valence-corrected chi connectivity index (χ4v) is 3.63. The number of amides is 1. The Morgan fingerprint density at radius 1 is 1.20 bits per heavy atom. The molecule has 6 heteroatoms. The van der Waals surface area contributed by atoms with E-state index in [9.17, 15) is 4.79 Å². The van der Waals surface area contributed by atoms with Crippen LogP contribution in [0.25, 0.3) is 0 Å². The molecule has 2 aromatic rings. The molecule has 6 nitrogen and oxygen atoms in total. The number of nitrogens with zero attached hydrogens (tertiary/aromatic N) is 2. The summed E-state index contributed by atoms with van der Waals surface area (Å²) < 4.78 is 17.2. The van der Waals surface area contributed by atoms with Gasteiger partial charge in [0, 0.05) is 18.9 Å². The lowest BCUT2D eigenvalue weighted by Gasteiger charge is -2.27. The lowest BCUT2D eigenvalue weighted by molar-refractivity contribution is 0.0717. The topological polar surface area (TPSA) is 64.8 Å². The van der Waals surface area contributed by atoms with Gasteiger partial charge in [0.2, 0.25) is 0 Å². The molecule has 1 aromatic carbocycles. The number of para-hydroxylation sites is 1. The van der Waals surface area contributed by atoms with Crippen molar-refractivity contribution < 1.29 is 18.7 Å². The molecule has 0 bridgehead atoms. The van der Waals surface area contributed by atoms with Gasteiger partial charge in [0.15, 0.2) is 17.4 Å². The summed E-state index contributed by atoms with van der Waals surface area (Å²) >= 11 is 0. The first-order valence-electron chi connectivity index (χ1n) is 8.96. The summed E-state index contributed by atoms with van der Waals surface area (Å²) in [7, 11) is 0. The molecule has 1 aliphatic carbocycles. The monoisotopic (exact) mass is 340 g/mol. The standard InChI is InChI=1S/C19H20N2O4/c22-19(13-5-2-6-16-17(13)24-10-9-23-16)21-8-7-15-14(11-21)20-18(25-15)12-3-1-4-12/h2,5-6,12H,1,3-4,7-11H2. The predicted molar refractivity (Wildman–Crippen MR) is 89.0 cm³/mol. The van der Waals surface area contributed by atoms with Crippen molar-refractivity contribution in [1.82, 2.24) is 9.88 Å². The lowest BCUT2D eigenvalue weighted by atomic mass is 9.85. The average molecular weight is 340 g/mol. The highest BCUT2D eigenvalue weighted by atomic mass is 16.6. The number of rotatable bonds is 2. The van der Waals surface area contributed by atoms with Crippen LogP contribution in [0, 0.1) is 0 Å². The fourth-order valence-electron chi connectivity index (χ4n) is 3.63. The van der Waals surface area contributed by atoms with Gasteiger partial charge in [-0.3, -0.25) is 4.79 Å². The van der Waals surface area contributed by atoms with Crippen LogP contribution in [0.4, 0.5) is 0 Å². The van der Waals surface area contributed by atoms with Crippen LogP contribution in [-0.4, -0.2) is 35.5 Å². The Morgan fingerprint density at radius 3 is 2.92 bits per heavy atom. The number of ether oxygens (including phenoxy) is 2. The largest absolute Gasteiger partial charge is 0.486 e. The summed E-state index contributed by atoms with van der Waals surface area (Å²) in [5.74, 6) is 3.44. The maximum atomic E-state index is 13.0. The van der Waals surface area contributed by atoms with Crippen LogP contribution >= 0.6 is 0 Å². The first-order valence-corrected chi connectivity index (χ1v) is 8.96. The van der Waals surface area contributed by atoms with Gasteiger partial charge in [-0.15, -0.1) is 0 Å². The Morgan fingerprint density at radius 2 is 2.08 bits per heavy atom. The van der Waals surface area contributed by atoms with E-state index >= 15 is 0 Å². The highest BCUT2D eigenvalue weighted by Gasteiger charge is 2.32. The van der Waals surface area contributed by atoms with Crippen molar-refractivity contribution in [3.63, 3.8) is 0 Å². The van der Waals surface area contributed by atoms with Gasteiger partial charge in [-0.1, -0.05) is 12.5 Å². The molecule has 0 unspecified atom stereocenters. The van der Waals surface area contributed by atoms with E-state index in [1.807, 2.05) is 17.0 Å². The van der Waals surface area contributed by atoms with E-state index < -0.39 is 0 Å². The van der Waals surface area contributed by atoms with E-state index in [4.69, 9.17) is 13.9 Å². The fraction of sp³-hybridized carbons (Fsp3) is 0.474. The maximum Gasteiger partial charge on any atom is 0.258 e. The van der Waals surface area contributed by atoms with E-state index in [1.54, 1.807) is 6.07 Å². The summed E-state index contributed by atoms with van der Waals surface area (Å²) in [6, 6.07) is 5.47. The quantitative estimate of drug-likeness (QED) is 0.841. The van der Waals surface area contributed by atoms with E-state index in [0.717, 1.165) is 30.2 Å². The predicted octanol–water partition coefficient (Wildman–Crippen LogP) is 2.91. The van der Waals surface area contributed by atoms with Gasteiger partial charge < -0.3 is 18.8 Å². The number of aromatic nitrogens is 1. The third kappa shape index (κ3) is 2.47. The molecular weight excluding hydrogens is 320 g/mol. The SMILES string of the molecule is O=C(c1cccc2c1OCCO2)N1CCc2oc(C3CCC3)nc2C1. The van der Waals surface area contributed by atoms with Gasteiger partial charge in [0.1, 0.15) is 24.7 Å². The molecular formula is C19H20N2O4. The summed E-state index contributed by atoms with van der Waals surface area (Å²) in [5.41, 5.74) is 1.46. The van der Waals surface area contributed by atoms with Gasteiger partial charge in [-0.2, -0.15) is 0 Å². The molecule has 0 N–H and O–H groups in total. The van der Waals surface area contributed by atoms with Crippen LogP contribution in [0.2, 0.25) is 0 Å². The third-order valence-electron chi connectivity index (χ3n) is 5.28. The van der Waals surface area contributed by atoms with Crippen molar-refractivity contribution in [2.24, 2.45) is 0 Å². The Hall–Kier alpha value is -2.50.